The Morgan fingerprint density at radius 3 is 2.33 bits per heavy atom. The van der Waals surface area contributed by atoms with Gasteiger partial charge >= 0.3 is 0 Å². The molecule has 0 aromatic heterocycles. The molecule has 0 amide bonds. The zero-order chi connectivity index (χ0) is 13.7. The number of halogens is 1. The maximum Gasteiger partial charge on any atom is 0.163 e. The standard InChI is InChI=1S/C13H20FNO3/c1-4-5-10(16)13(15)8-6-11(17-2)12(18-3)7-9(8)14/h6-7,10,13,16H,4-5,15H2,1-3H3/t10-,13+/m1/s1. The smallest absolute Gasteiger partial charge is 0.163 e. The molecular weight excluding hydrogens is 237 g/mol. The molecule has 0 heterocycles. The lowest BCUT2D eigenvalue weighted by atomic mass is 9.98. The fourth-order valence-electron chi connectivity index (χ4n) is 1.81. The van der Waals surface area contributed by atoms with Crippen LogP contribution in [0.1, 0.15) is 31.4 Å². The Bertz CT molecular complexity index is 398. The summed E-state index contributed by atoms with van der Waals surface area (Å²) in [7, 11) is 2.90. The maximum absolute atomic E-state index is 13.9. The van der Waals surface area contributed by atoms with Crippen molar-refractivity contribution in [1.29, 1.82) is 0 Å². The lowest BCUT2D eigenvalue weighted by Gasteiger charge is -2.20. The molecule has 0 saturated carbocycles. The van der Waals surface area contributed by atoms with Gasteiger partial charge in [-0.3, -0.25) is 0 Å². The minimum absolute atomic E-state index is 0.230. The van der Waals surface area contributed by atoms with Gasteiger partial charge in [0.25, 0.3) is 0 Å². The van der Waals surface area contributed by atoms with Crippen LogP contribution < -0.4 is 15.2 Å². The average molecular weight is 257 g/mol. The van der Waals surface area contributed by atoms with Crippen LogP contribution in [0, 0.1) is 5.82 Å². The molecule has 0 spiro atoms. The van der Waals surface area contributed by atoms with Gasteiger partial charge in [0.15, 0.2) is 11.5 Å². The third-order valence-electron chi connectivity index (χ3n) is 2.86. The maximum atomic E-state index is 13.9. The number of benzene rings is 1. The van der Waals surface area contributed by atoms with Crippen LogP contribution in [0.4, 0.5) is 4.39 Å². The molecular formula is C13H20FNO3. The third-order valence-corrected chi connectivity index (χ3v) is 2.86. The number of rotatable bonds is 6. The minimum Gasteiger partial charge on any atom is -0.493 e. The van der Waals surface area contributed by atoms with E-state index in [9.17, 15) is 9.50 Å². The second-order valence-corrected chi connectivity index (χ2v) is 4.11. The summed E-state index contributed by atoms with van der Waals surface area (Å²) in [6, 6.07) is 1.91. The minimum atomic E-state index is -0.775. The van der Waals surface area contributed by atoms with Gasteiger partial charge in [0.05, 0.1) is 26.4 Å². The first kappa shape index (κ1) is 14.7. The molecule has 18 heavy (non-hydrogen) atoms. The summed E-state index contributed by atoms with van der Waals surface area (Å²) in [5, 5.41) is 9.82. The van der Waals surface area contributed by atoms with E-state index in [1.807, 2.05) is 6.92 Å². The fraction of sp³-hybridized carbons (Fsp3) is 0.538. The van der Waals surface area contributed by atoms with Gasteiger partial charge in [-0.25, -0.2) is 4.39 Å². The van der Waals surface area contributed by atoms with E-state index >= 15 is 0 Å². The summed E-state index contributed by atoms with van der Waals surface area (Å²) in [4.78, 5) is 0. The van der Waals surface area contributed by atoms with Crippen molar-refractivity contribution in [2.45, 2.75) is 31.9 Å². The number of hydrogen-bond acceptors (Lipinski definition) is 4. The first-order valence-corrected chi connectivity index (χ1v) is 5.90. The van der Waals surface area contributed by atoms with Crippen molar-refractivity contribution < 1.29 is 19.0 Å². The number of ether oxygens (including phenoxy) is 2. The van der Waals surface area contributed by atoms with E-state index < -0.39 is 18.0 Å². The zero-order valence-electron chi connectivity index (χ0n) is 10.9. The summed E-state index contributed by atoms with van der Waals surface area (Å²) in [6.07, 6.45) is 0.529. The first-order chi connectivity index (χ1) is 8.54. The van der Waals surface area contributed by atoms with E-state index in [2.05, 4.69) is 0 Å². The largest absolute Gasteiger partial charge is 0.493 e. The Labute approximate surface area is 107 Å². The van der Waals surface area contributed by atoms with Crippen molar-refractivity contribution in [2.24, 2.45) is 5.73 Å². The zero-order valence-corrected chi connectivity index (χ0v) is 10.9. The van der Waals surface area contributed by atoms with E-state index in [0.29, 0.717) is 17.9 Å². The van der Waals surface area contributed by atoms with E-state index in [4.69, 9.17) is 15.2 Å². The van der Waals surface area contributed by atoms with Crippen molar-refractivity contribution in [3.63, 3.8) is 0 Å². The number of aliphatic hydroxyl groups is 1. The average Bonchev–Trinajstić information content (AvgIpc) is 2.37. The quantitative estimate of drug-likeness (QED) is 0.818. The molecule has 2 atom stereocenters. The highest BCUT2D eigenvalue weighted by Crippen LogP contribution is 2.33. The van der Waals surface area contributed by atoms with Crippen molar-refractivity contribution in [3.05, 3.63) is 23.5 Å². The van der Waals surface area contributed by atoms with Crippen LogP contribution in [-0.2, 0) is 0 Å². The van der Waals surface area contributed by atoms with Gasteiger partial charge in [0.1, 0.15) is 5.82 Å². The molecule has 0 aliphatic carbocycles. The molecule has 1 aromatic rings. The summed E-state index contributed by atoms with van der Waals surface area (Å²) >= 11 is 0. The second kappa shape index (κ2) is 6.56. The van der Waals surface area contributed by atoms with Crippen LogP contribution in [-0.4, -0.2) is 25.4 Å². The number of methoxy groups -OCH3 is 2. The van der Waals surface area contributed by atoms with E-state index in [1.54, 1.807) is 0 Å². The van der Waals surface area contributed by atoms with Crippen LogP contribution in [0.5, 0.6) is 11.5 Å². The third kappa shape index (κ3) is 3.11. The fourth-order valence-corrected chi connectivity index (χ4v) is 1.81. The first-order valence-electron chi connectivity index (χ1n) is 5.90. The number of aliphatic hydroxyl groups excluding tert-OH is 1. The van der Waals surface area contributed by atoms with E-state index in [0.717, 1.165) is 6.42 Å². The van der Waals surface area contributed by atoms with Gasteiger partial charge in [-0.05, 0) is 12.5 Å². The Balaban J connectivity index is 3.08. The van der Waals surface area contributed by atoms with Gasteiger partial charge in [-0.2, -0.15) is 0 Å². The van der Waals surface area contributed by atoms with Crippen LogP contribution in [0.15, 0.2) is 12.1 Å². The monoisotopic (exact) mass is 257 g/mol. The Morgan fingerprint density at radius 1 is 1.28 bits per heavy atom. The summed E-state index contributed by atoms with van der Waals surface area (Å²) in [5.74, 6) is 0.194. The van der Waals surface area contributed by atoms with E-state index in [-0.39, 0.29) is 5.56 Å². The molecule has 1 aromatic carbocycles. The molecule has 1 rings (SSSR count). The molecule has 102 valence electrons. The second-order valence-electron chi connectivity index (χ2n) is 4.11. The van der Waals surface area contributed by atoms with Gasteiger partial charge in [-0.15, -0.1) is 0 Å². The topological polar surface area (TPSA) is 64.7 Å². The predicted molar refractivity (Wildman–Crippen MR) is 67.3 cm³/mol. The molecule has 0 radical (unpaired) electrons. The Hall–Kier alpha value is -1.33. The highest BCUT2D eigenvalue weighted by atomic mass is 19.1. The van der Waals surface area contributed by atoms with Crippen LogP contribution in [0.3, 0.4) is 0 Å². The van der Waals surface area contributed by atoms with Gasteiger partial charge in [-0.1, -0.05) is 13.3 Å². The van der Waals surface area contributed by atoms with Gasteiger partial charge in [0.2, 0.25) is 0 Å². The molecule has 0 unspecified atom stereocenters. The molecule has 0 saturated heterocycles. The van der Waals surface area contributed by atoms with Crippen molar-refractivity contribution >= 4 is 0 Å². The Kier molecular flexibility index (Phi) is 5.37. The molecule has 0 fully saturated rings. The molecule has 3 N–H and O–H groups in total. The SMILES string of the molecule is CCC[C@@H](O)[C@@H](N)c1cc(OC)c(OC)cc1F. The van der Waals surface area contributed by atoms with Gasteiger partial charge in [0, 0.05) is 11.6 Å². The van der Waals surface area contributed by atoms with Crippen molar-refractivity contribution in [1.82, 2.24) is 0 Å². The summed E-state index contributed by atoms with van der Waals surface area (Å²) < 4.78 is 24.0. The lowest BCUT2D eigenvalue weighted by Crippen LogP contribution is -2.27. The highest BCUT2D eigenvalue weighted by molar-refractivity contribution is 5.44. The van der Waals surface area contributed by atoms with Gasteiger partial charge < -0.3 is 20.3 Å². The predicted octanol–water partition coefficient (Wildman–Crippen LogP) is 2.00. The van der Waals surface area contributed by atoms with Crippen LogP contribution in [0.25, 0.3) is 0 Å². The van der Waals surface area contributed by atoms with E-state index in [1.165, 1.54) is 26.4 Å². The highest BCUT2D eigenvalue weighted by Gasteiger charge is 2.22. The molecule has 0 aliphatic heterocycles. The normalized spacial score (nSPS) is 14.1. The lowest BCUT2D eigenvalue weighted by molar-refractivity contribution is 0.132. The van der Waals surface area contributed by atoms with Crippen molar-refractivity contribution in [2.75, 3.05) is 14.2 Å². The molecule has 0 aliphatic rings. The van der Waals surface area contributed by atoms with Crippen molar-refractivity contribution in [3.8, 4) is 11.5 Å². The molecule has 5 heteroatoms. The van der Waals surface area contributed by atoms with Crippen LogP contribution in [0.2, 0.25) is 0 Å². The summed E-state index contributed by atoms with van der Waals surface area (Å²) in [5.41, 5.74) is 6.08. The molecule has 4 nitrogen and oxygen atoms in total. The van der Waals surface area contributed by atoms with Crippen LogP contribution >= 0.6 is 0 Å². The Morgan fingerprint density at radius 2 is 1.83 bits per heavy atom. The number of hydrogen-bond donors (Lipinski definition) is 2. The summed E-state index contributed by atoms with van der Waals surface area (Å²) in [6.45, 7) is 1.93. The molecule has 0 bridgehead atoms. The number of nitrogens with two attached hydrogens (primary N) is 1.